The molecule has 0 aliphatic carbocycles. The third kappa shape index (κ3) is 4.62. The highest BCUT2D eigenvalue weighted by Crippen LogP contribution is 2.33. The summed E-state index contributed by atoms with van der Waals surface area (Å²) in [6, 6.07) is 20.7. The van der Waals surface area contributed by atoms with Crippen LogP contribution in [0.2, 0.25) is 0 Å². The molecule has 0 fully saturated rings. The van der Waals surface area contributed by atoms with Gasteiger partial charge in [-0.1, -0.05) is 80.6 Å². The Bertz CT molecular complexity index is 1640. The van der Waals surface area contributed by atoms with E-state index >= 15 is 0 Å². The number of para-hydroxylation sites is 2. The Hall–Kier alpha value is -3.97. The second kappa shape index (κ2) is 9.24. The molecule has 3 aromatic carbocycles. The van der Waals surface area contributed by atoms with E-state index in [1.807, 2.05) is 55.5 Å². The third-order valence-corrected chi connectivity index (χ3v) is 6.92. The summed E-state index contributed by atoms with van der Waals surface area (Å²) >= 11 is 1.39. The molecule has 7 heteroatoms. The van der Waals surface area contributed by atoms with E-state index in [0.717, 1.165) is 21.3 Å². The Morgan fingerprint density at radius 2 is 1.78 bits per heavy atom. The fraction of sp³-hybridized carbons (Fsp3) is 0.207. The number of hydrogen-bond donors (Lipinski definition) is 1. The first-order valence-electron chi connectivity index (χ1n) is 11.7. The van der Waals surface area contributed by atoms with Gasteiger partial charge in [-0.2, -0.15) is 0 Å². The molecular weight excluding hydrogens is 472 g/mol. The van der Waals surface area contributed by atoms with Crippen LogP contribution in [0.15, 0.2) is 75.9 Å². The Kier molecular flexibility index (Phi) is 6.10. The molecule has 0 aliphatic heterocycles. The predicted molar refractivity (Wildman–Crippen MR) is 145 cm³/mol. The largest absolute Gasteiger partial charge is 0.476 e. The van der Waals surface area contributed by atoms with Crippen molar-refractivity contribution < 1.29 is 13.9 Å². The maximum Gasteiger partial charge on any atom is 0.264 e. The fourth-order valence-corrected chi connectivity index (χ4v) is 4.96. The molecule has 0 saturated carbocycles. The predicted octanol–water partition coefficient (Wildman–Crippen LogP) is 6.69. The molecule has 0 bridgehead atoms. The third-order valence-electron chi connectivity index (χ3n) is 5.98. The second-order valence-corrected chi connectivity index (χ2v) is 10.7. The number of carbonyl (C=O) groups excluding carboxylic acids is 1. The number of aryl methyl sites for hydroxylation is 1. The summed E-state index contributed by atoms with van der Waals surface area (Å²) in [6.07, 6.45) is 0. The molecule has 182 valence electrons. The second-order valence-electron chi connectivity index (χ2n) is 9.69. The monoisotopic (exact) mass is 498 g/mol. The lowest BCUT2D eigenvalue weighted by Crippen LogP contribution is -2.22. The lowest BCUT2D eigenvalue weighted by Gasteiger charge is -2.19. The zero-order chi connectivity index (χ0) is 25.4. The van der Waals surface area contributed by atoms with Crippen LogP contribution < -0.4 is 15.5 Å². The summed E-state index contributed by atoms with van der Waals surface area (Å²) in [5, 5.41) is 3.66. The zero-order valence-corrected chi connectivity index (χ0v) is 21.4. The minimum Gasteiger partial charge on any atom is -0.476 e. The maximum absolute atomic E-state index is 13.3. The van der Waals surface area contributed by atoms with Crippen LogP contribution >= 0.6 is 11.3 Å². The molecule has 5 rings (SSSR count). The first-order valence-corrected chi connectivity index (χ1v) is 12.5. The van der Waals surface area contributed by atoms with Crippen LogP contribution in [0.1, 0.15) is 31.9 Å². The van der Waals surface area contributed by atoms with Crippen molar-refractivity contribution in [3.8, 4) is 17.1 Å². The van der Waals surface area contributed by atoms with Gasteiger partial charge in [-0.15, -0.1) is 0 Å². The van der Waals surface area contributed by atoms with Crippen LogP contribution in [0.5, 0.6) is 5.75 Å². The molecule has 6 nitrogen and oxygen atoms in total. The molecule has 0 spiro atoms. The smallest absolute Gasteiger partial charge is 0.264 e. The van der Waals surface area contributed by atoms with Gasteiger partial charge in [-0.25, -0.2) is 4.98 Å². The average Bonchev–Trinajstić information content (AvgIpc) is 3.27. The maximum atomic E-state index is 13.3. The molecule has 0 saturated heterocycles. The van der Waals surface area contributed by atoms with Crippen molar-refractivity contribution in [2.24, 2.45) is 0 Å². The molecule has 1 N–H and O–H groups in total. The first kappa shape index (κ1) is 23.8. The minimum absolute atomic E-state index is 0.00695. The standard InChI is InChI=1S/C29H26N2O4S/c1-17-8-7-11-22-24(17)31-28(36-22)30-23(32)16-34-27-25(33)20-9-5-6-10-21(20)35-26(27)18-12-14-19(15-13-18)29(2,3)4/h5-15H,16H2,1-4H3,(H,30,31,32). The van der Waals surface area contributed by atoms with E-state index in [-0.39, 0.29) is 23.2 Å². The fourth-order valence-electron chi connectivity index (χ4n) is 4.00. The summed E-state index contributed by atoms with van der Waals surface area (Å²) in [4.78, 5) is 30.6. The number of amides is 1. The van der Waals surface area contributed by atoms with Gasteiger partial charge in [0, 0.05) is 5.56 Å². The molecule has 5 aromatic rings. The van der Waals surface area contributed by atoms with E-state index in [4.69, 9.17) is 9.15 Å². The summed E-state index contributed by atoms with van der Waals surface area (Å²) < 4.78 is 12.9. The van der Waals surface area contributed by atoms with Crippen molar-refractivity contribution in [3.63, 3.8) is 0 Å². The Labute approximate surface area is 212 Å². The topological polar surface area (TPSA) is 81.4 Å². The molecule has 2 heterocycles. The van der Waals surface area contributed by atoms with Gasteiger partial charge in [-0.3, -0.25) is 14.9 Å². The lowest BCUT2D eigenvalue weighted by molar-refractivity contribution is -0.118. The Morgan fingerprint density at radius 1 is 1.03 bits per heavy atom. The molecular formula is C29H26N2O4S. The molecule has 1 amide bonds. The van der Waals surface area contributed by atoms with E-state index in [9.17, 15) is 9.59 Å². The number of fused-ring (bicyclic) bond motifs is 2. The SMILES string of the molecule is Cc1cccc2sc(NC(=O)COc3c(-c4ccc(C(C)(C)C)cc4)oc4ccccc4c3=O)nc12. The van der Waals surface area contributed by atoms with Crippen LogP contribution in [0.4, 0.5) is 5.13 Å². The number of nitrogens with one attached hydrogen (secondary N) is 1. The normalized spacial score (nSPS) is 11.7. The summed E-state index contributed by atoms with van der Waals surface area (Å²) in [5.41, 5.74) is 3.87. The van der Waals surface area contributed by atoms with Gasteiger partial charge in [0.25, 0.3) is 5.91 Å². The van der Waals surface area contributed by atoms with Gasteiger partial charge in [-0.05, 0) is 41.7 Å². The number of carbonyl (C=O) groups is 1. The summed E-state index contributed by atoms with van der Waals surface area (Å²) in [5.74, 6) is -0.108. The van der Waals surface area contributed by atoms with Gasteiger partial charge in [0.1, 0.15) is 5.58 Å². The van der Waals surface area contributed by atoms with E-state index in [1.54, 1.807) is 18.2 Å². The van der Waals surface area contributed by atoms with Crippen LogP contribution in [-0.4, -0.2) is 17.5 Å². The van der Waals surface area contributed by atoms with E-state index < -0.39 is 5.91 Å². The van der Waals surface area contributed by atoms with E-state index in [0.29, 0.717) is 27.4 Å². The van der Waals surface area contributed by atoms with Gasteiger partial charge in [0.2, 0.25) is 11.2 Å². The van der Waals surface area contributed by atoms with Crippen molar-refractivity contribution in [1.29, 1.82) is 0 Å². The zero-order valence-electron chi connectivity index (χ0n) is 20.5. The number of thiazole rings is 1. The van der Waals surface area contributed by atoms with Crippen LogP contribution in [0.3, 0.4) is 0 Å². The van der Waals surface area contributed by atoms with Gasteiger partial charge >= 0.3 is 0 Å². The number of nitrogens with zero attached hydrogens (tertiary/aromatic N) is 1. The Morgan fingerprint density at radius 3 is 2.50 bits per heavy atom. The van der Waals surface area contributed by atoms with Crippen molar-refractivity contribution >= 4 is 43.6 Å². The highest BCUT2D eigenvalue weighted by molar-refractivity contribution is 7.22. The van der Waals surface area contributed by atoms with Crippen molar-refractivity contribution in [1.82, 2.24) is 4.98 Å². The van der Waals surface area contributed by atoms with E-state index in [1.165, 1.54) is 11.3 Å². The Balaban J connectivity index is 1.45. The van der Waals surface area contributed by atoms with Crippen LogP contribution in [0, 0.1) is 6.92 Å². The summed E-state index contributed by atoms with van der Waals surface area (Å²) in [7, 11) is 0. The molecule has 2 aromatic heterocycles. The van der Waals surface area contributed by atoms with Crippen molar-refractivity contribution in [3.05, 3.63) is 88.1 Å². The number of anilines is 1. The number of rotatable bonds is 5. The molecule has 0 aliphatic rings. The number of hydrogen-bond acceptors (Lipinski definition) is 6. The van der Waals surface area contributed by atoms with Gasteiger partial charge < -0.3 is 9.15 Å². The highest BCUT2D eigenvalue weighted by atomic mass is 32.1. The van der Waals surface area contributed by atoms with Crippen LogP contribution in [-0.2, 0) is 10.2 Å². The van der Waals surface area contributed by atoms with Gasteiger partial charge in [0.15, 0.2) is 17.5 Å². The average molecular weight is 499 g/mol. The van der Waals surface area contributed by atoms with Crippen molar-refractivity contribution in [2.75, 3.05) is 11.9 Å². The van der Waals surface area contributed by atoms with Crippen LogP contribution in [0.25, 0.3) is 32.5 Å². The summed E-state index contributed by atoms with van der Waals surface area (Å²) in [6.45, 7) is 8.03. The molecule has 0 radical (unpaired) electrons. The quantitative estimate of drug-likeness (QED) is 0.292. The number of aromatic nitrogens is 1. The molecule has 0 atom stereocenters. The van der Waals surface area contributed by atoms with E-state index in [2.05, 4.69) is 31.1 Å². The first-order chi connectivity index (χ1) is 17.2. The lowest BCUT2D eigenvalue weighted by atomic mass is 9.86. The number of ether oxygens (including phenoxy) is 1. The van der Waals surface area contributed by atoms with Crippen molar-refractivity contribution in [2.45, 2.75) is 33.1 Å². The number of benzene rings is 3. The molecule has 0 unspecified atom stereocenters. The minimum atomic E-state index is -0.409. The molecule has 36 heavy (non-hydrogen) atoms. The highest BCUT2D eigenvalue weighted by Gasteiger charge is 2.20. The van der Waals surface area contributed by atoms with Gasteiger partial charge in [0.05, 0.1) is 15.6 Å².